The van der Waals surface area contributed by atoms with Crippen molar-refractivity contribution in [3.8, 4) is 0 Å². The van der Waals surface area contributed by atoms with Gasteiger partial charge in [-0.3, -0.25) is 4.79 Å². The first-order valence-corrected chi connectivity index (χ1v) is 6.83. The van der Waals surface area contributed by atoms with E-state index < -0.39 is 0 Å². The van der Waals surface area contributed by atoms with E-state index in [0.29, 0.717) is 6.04 Å². The number of nitrogens with zero attached hydrogens (tertiary/aromatic N) is 1. The van der Waals surface area contributed by atoms with Crippen LogP contribution in [0.15, 0.2) is 0 Å². The molecule has 0 aromatic rings. The molecule has 0 bridgehead atoms. The minimum Gasteiger partial charge on any atom is -0.352 e. The fourth-order valence-corrected chi connectivity index (χ4v) is 2.22. The summed E-state index contributed by atoms with van der Waals surface area (Å²) in [5.41, 5.74) is 5.83. The standard InChI is InChI=1S/C13H27N3O/c1-4-7-16-8-5-11(6-9-16)15-13(17)12(14)10(2)3/h10-12H,4-9,14H2,1-3H3,(H,15,17)/t12-/m1/s1. The molecule has 1 rings (SSSR count). The topological polar surface area (TPSA) is 58.4 Å². The van der Waals surface area contributed by atoms with Gasteiger partial charge in [-0.1, -0.05) is 20.8 Å². The fraction of sp³-hybridized carbons (Fsp3) is 0.923. The third-order valence-electron chi connectivity index (χ3n) is 3.49. The number of hydrogen-bond acceptors (Lipinski definition) is 3. The molecule has 0 radical (unpaired) electrons. The minimum absolute atomic E-state index is 0.00828. The van der Waals surface area contributed by atoms with Crippen LogP contribution in [0.3, 0.4) is 0 Å². The summed E-state index contributed by atoms with van der Waals surface area (Å²) in [4.78, 5) is 14.3. The van der Waals surface area contributed by atoms with Gasteiger partial charge in [0, 0.05) is 19.1 Å². The van der Waals surface area contributed by atoms with Crippen LogP contribution in [0.25, 0.3) is 0 Å². The van der Waals surface area contributed by atoms with Crippen molar-refractivity contribution < 1.29 is 4.79 Å². The van der Waals surface area contributed by atoms with E-state index in [1.165, 1.54) is 13.0 Å². The largest absolute Gasteiger partial charge is 0.352 e. The first kappa shape index (κ1) is 14.5. The van der Waals surface area contributed by atoms with E-state index in [9.17, 15) is 4.79 Å². The number of rotatable bonds is 5. The molecule has 1 aliphatic rings. The second-order valence-corrected chi connectivity index (χ2v) is 5.39. The van der Waals surface area contributed by atoms with Crippen molar-refractivity contribution in [1.82, 2.24) is 10.2 Å². The summed E-state index contributed by atoms with van der Waals surface area (Å²) in [7, 11) is 0. The highest BCUT2D eigenvalue weighted by molar-refractivity contribution is 5.82. The summed E-state index contributed by atoms with van der Waals surface area (Å²) in [6.45, 7) is 9.52. The first-order chi connectivity index (χ1) is 8.04. The molecule has 1 fully saturated rings. The Labute approximate surface area is 105 Å². The van der Waals surface area contributed by atoms with Crippen molar-refractivity contribution in [3.05, 3.63) is 0 Å². The number of nitrogens with one attached hydrogen (secondary N) is 1. The maximum atomic E-state index is 11.8. The molecule has 0 saturated carbocycles. The zero-order valence-electron chi connectivity index (χ0n) is 11.4. The molecular formula is C13H27N3O. The van der Waals surface area contributed by atoms with E-state index in [1.807, 2.05) is 13.8 Å². The zero-order chi connectivity index (χ0) is 12.8. The van der Waals surface area contributed by atoms with Crippen molar-refractivity contribution in [1.29, 1.82) is 0 Å². The predicted molar refractivity (Wildman–Crippen MR) is 70.7 cm³/mol. The third-order valence-corrected chi connectivity index (χ3v) is 3.49. The van der Waals surface area contributed by atoms with Gasteiger partial charge < -0.3 is 16.0 Å². The summed E-state index contributed by atoms with van der Waals surface area (Å²) < 4.78 is 0. The lowest BCUT2D eigenvalue weighted by Gasteiger charge is -2.32. The number of likely N-dealkylation sites (tertiary alicyclic amines) is 1. The van der Waals surface area contributed by atoms with Crippen LogP contribution in [0.2, 0.25) is 0 Å². The molecule has 0 aromatic heterocycles. The Morgan fingerprint density at radius 1 is 1.41 bits per heavy atom. The number of carbonyl (C=O) groups is 1. The smallest absolute Gasteiger partial charge is 0.237 e. The van der Waals surface area contributed by atoms with Crippen LogP contribution in [-0.4, -0.2) is 42.5 Å². The van der Waals surface area contributed by atoms with E-state index in [2.05, 4.69) is 17.1 Å². The van der Waals surface area contributed by atoms with Crippen LogP contribution in [0, 0.1) is 5.92 Å². The highest BCUT2D eigenvalue weighted by atomic mass is 16.2. The van der Waals surface area contributed by atoms with Gasteiger partial charge in [-0.2, -0.15) is 0 Å². The summed E-state index contributed by atoms with van der Waals surface area (Å²) >= 11 is 0. The average Bonchev–Trinajstić information content (AvgIpc) is 2.30. The van der Waals surface area contributed by atoms with Crippen LogP contribution >= 0.6 is 0 Å². The van der Waals surface area contributed by atoms with Crippen molar-refractivity contribution in [3.63, 3.8) is 0 Å². The molecule has 0 aromatic carbocycles. The van der Waals surface area contributed by atoms with Crippen LogP contribution in [0.4, 0.5) is 0 Å². The van der Waals surface area contributed by atoms with Gasteiger partial charge in [0.15, 0.2) is 0 Å². The van der Waals surface area contributed by atoms with Crippen molar-refractivity contribution in [2.75, 3.05) is 19.6 Å². The zero-order valence-corrected chi connectivity index (χ0v) is 11.4. The summed E-state index contributed by atoms with van der Waals surface area (Å²) in [5, 5.41) is 3.07. The van der Waals surface area contributed by atoms with E-state index in [-0.39, 0.29) is 17.9 Å². The molecule has 1 amide bonds. The lowest BCUT2D eigenvalue weighted by molar-refractivity contribution is -0.124. The predicted octanol–water partition coefficient (Wildman–Crippen LogP) is 0.960. The van der Waals surface area contributed by atoms with Crippen molar-refractivity contribution in [2.45, 2.75) is 52.1 Å². The Bertz CT molecular complexity index is 235. The molecule has 4 nitrogen and oxygen atoms in total. The van der Waals surface area contributed by atoms with Crippen molar-refractivity contribution >= 4 is 5.91 Å². The number of carbonyl (C=O) groups excluding carboxylic acids is 1. The molecule has 0 spiro atoms. The Kier molecular flexibility index (Phi) is 5.92. The van der Waals surface area contributed by atoms with Gasteiger partial charge >= 0.3 is 0 Å². The fourth-order valence-electron chi connectivity index (χ4n) is 2.22. The number of piperidine rings is 1. The molecule has 0 aliphatic carbocycles. The van der Waals surface area contributed by atoms with Gasteiger partial charge in [-0.25, -0.2) is 0 Å². The molecule has 3 N–H and O–H groups in total. The Morgan fingerprint density at radius 2 is 2.00 bits per heavy atom. The molecule has 1 atom stereocenters. The van der Waals surface area contributed by atoms with Crippen molar-refractivity contribution in [2.24, 2.45) is 11.7 Å². The SMILES string of the molecule is CCCN1CCC(NC(=O)[C@H](N)C(C)C)CC1. The minimum atomic E-state index is -0.372. The lowest BCUT2D eigenvalue weighted by atomic mass is 10.0. The van der Waals surface area contributed by atoms with Gasteiger partial charge in [0.05, 0.1) is 6.04 Å². The monoisotopic (exact) mass is 241 g/mol. The summed E-state index contributed by atoms with van der Waals surface area (Å²) in [5.74, 6) is 0.212. The van der Waals surface area contributed by atoms with Gasteiger partial charge in [0.25, 0.3) is 0 Å². The van der Waals surface area contributed by atoms with Gasteiger partial charge in [0.2, 0.25) is 5.91 Å². The molecule has 1 aliphatic heterocycles. The number of nitrogens with two attached hydrogens (primary N) is 1. The van der Waals surface area contributed by atoms with E-state index in [1.54, 1.807) is 0 Å². The first-order valence-electron chi connectivity index (χ1n) is 6.83. The molecule has 100 valence electrons. The van der Waals surface area contributed by atoms with E-state index >= 15 is 0 Å². The van der Waals surface area contributed by atoms with Gasteiger partial charge in [0.1, 0.15) is 0 Å². The second kappa shape index (κ2) is 6.97. The van der Waals surface area contributed by atoms with Crippen LogP contribution in [0.1, 0.15) is 40.0 Å². The normalized spacial score (nSPS) is 20.5. The quantitative estimate of drug-likeness (QED) is 0.754. The molecular weight excluding hydrogens is 214 g/mol. The summed E-state index contributed by atoms with van der Waals surface area (Å²) in [6.07, 6.45) is 3.31. The van der Waals surface area contributed by atoms with Crippen LogP contribution < -0.4 is 11.1 Å². The molecule has 0 unspecified atom stereocenters. The van der Waals surface area contributed by atoms with Gasteiger partial charge in [-0.05, 0) is 31.7 Å². The highest BCUT2D eigenvalue weighted by Gasteiger charge is 2.23. The maximum Gasteiger partial charge on any atom is 0.237 e. The molecule has 1 heterocycles. The van der Waals surface area contributed by atoms with E-state index in [0.717, 1.165) is 25.9 Å². The van der Waals surface area contributed by atoms with Crippen LogP contribution in [-0.2, 0) is 4.79 Å². The number of hydrogen-bond donors (Lipinski definition) is 2. The third kappa shape index (κ3) is 4.64. The number of amides is 1. The average molecular weight is 241 g/mol. The molecule has 1 saturated heterocycles. The maximum absolute atomic E-state index is 11.8. The highest BCUT2D eigenvalue weighted by Crippen LogP contribution is 2.11. The Balaban J connectivity index is 2.28. The summed E-state index contributed by atoms with van der Waals surface area (Å²) in [6, 6.07) is -0.0518. The Morgan fingerprint density at radius 3 is 2.47 bits per heavy atom. The lowest BCUT2D eigenvalue weighted by Crippen LogP contribution is -2.51. The second-order valence-electron chi connectivity index (χ2n) is 5.39. The Hall–Kier alpha value is -0.610. The molecule has 17 heavy (non-hydrogen) atoms. The van der Waals surface area contributed by atoms with Crippen LogP contribution in [0.5, 0.6) is 0 Å². The molecule has 4 heteroatoms. The van der Waals surface area contributed by atoms with Gasteiger partial charge in [-0.15, -0.1) is 0 Å². The van der Waals surface area contributed by atoms with E-state index in [4.69, 9.17) is 5.73 Å².